The molecule has 1 heterocycles. The highest BCUT2D eigenvalue weighted by Gasteiger charge is 2.35. The number of hydrogen-bond donors (Lipinski definition) is 2. The molecule has 2 N–H and O–H groups in total. The number of hydrogen-bond acceptors (Lipinski definition) is 3. The number of carbonyl (C=O) groups excluding carboxylic acids is 1. The van der Waals surface area contributed by atoms with Crippen molar-refractivity contribution >= 4 is 11.6 Å². The second-order valence-electron chi connectivity index (χ2n) is 6.27. The molecule has 0 radical (unpaired) electrons. The number of hydrazine groups is 1. The fourth-order valence-electron chi connectivity index (χ4n) is 3.23. The van der Waals surface area contributed by atoms with Crippen LogP contribution in [0.5, 0.6) is 11.5 Å². The van der Waals surface area contributed by atoms with Gasteiger partial charge in [0.1, 0.15) is 11.5 Å². The number of ether oxygens (including phenoxy) is 1. The number of carbonyl (C=O) groups is 1. The summed E-state index contributed by atoms with van der Waals surface area (Å²) in [6.45, 7) is 0. The Labute approximate surface area is 158 Å². The molecule has 1 aliphatic rings. The summed E-state index contributed by atoms with van der Waals surface area (Å²) in [6, 6.07) is 19.1. The predicted molar refractivity (Wildman–Crippen MR) is 98.0 cm³/mol. The molecule has 0 aromatic heterocycles. The van der Waals surface area contributed by atoms with Gasteiger partial charge in [-0.2, -0.15) is 13.2 Å². The highest BCUT2D eigenvalue weighted by molar-refractivity contribution is 5.90. The lowest BCUT2D eigenvalue weighted by Crippen LogP contribution is -2.36. The zero-order valence-corrected chi connectivity index (χ0v) is 14.5. The maximum Gasteiger partial charge on any atom is 0.418 e. The normalized spacial score (nSPS) is 13.1. The molecule has 1 amide bonds. The number of nitrogens with one attached hydrogen (secondary N) is 2. The molecule has 0 saturated carbocycles. The molecule has 0 saturated heterocycles. The molecule has 0 unspecified atom stereocenters. The van der Waals surface area contributed by atoms with Crippen molar-refractivity contribution in [2.24, 2.45) is 0 Å². The SMILES string of the molecule is O=C(NNc1ccccc1C(F)(F)F)C1c2ccccc2Oc2ccccc21. The minimum atomic E-state index is -4.54. The van der Waals surface area contributed by atoms with Gasteiger partial charge in [0.05, 0.1) is 17.2 Å². The Bertz CT molecular complexity index is 988. The molecule has 1 aliphatic heterocycles. The molecule has 0 spiro atoms. The highest BCUT2D eigenvalue weighted by Crippen LogP contribution is 2.44. The number of anilines is 1. The average molecular weight is 384 g/mol. The zero-order valence-electron chi connectivity index (χ0n) is 14.5. The maximum atomic E-state index is 13.2. The van der Waals surface area contributed by atoms with Crippen molar-refractivity contribution < 1.29 is 22.7 Å². The molecule has 3 aromatic rings. The van der Waals surface area contributed by atoms with E-state index in [0.717, 1.165) is 6.07 Å². The Kier molecular flexibility index (Phi) is 4.43. The van der Waals surface area contributed by atoms with Crippen LogP contribution in [-0.2, 0) is 11.0 Å². The lowest BCUT2D eigenvalue weighted by Gasteiger charge is -2.27. The van der Waals surface area contributed by atoms with Crippen molar-refractivity contribution in [2.75, 3.05) is 5.43 Å². The second kappa shape index (κ2) is 6.92. The largest absolute Gasteiger partial charge is 0.457 e. The van der Waals surface area contributed by atoms with E-state index in [4.69, 9.17) is 4.74 Å². The first-order valence-corrected chi connectivity index (χ1v) is 8.53. The molecule has 0 bridgehead atoms. The number of alkyl halides is 3. The lowest BCUT2D eigenvalue weighted by molar-refractivity contribution is -0.137. The molecule has 3 aromatic carbocycles. The number of fused-ring (bicyclic) bond motifs is 2. The van der Waals surface area contributed by atoms with Crippen LogP contribution >= 0.6 is 0 Å². The van der Waals surface area contributed by atoms with Gasteiger partial charge in [-0.3, -0.25) is 15.6 Å². The topological polar surface area (TPSA) is 50.4 Å². The van der Waals surface area contributed by atoms with Crippen LogP contribution < -0.4 is 15.6 Å². The monoisotopic (exact) mass is 384 g/mol. The smallest absolute Gasteiger partial charge is 0.418 e. The summed E-state index contributed by atoms with van der Waals surface area (Å²) in [5.74, 6) is -0.124. The number of amides is 1. The molecular formula is C21H15F3N2O2. The molecule has 7 heteroatoms. The van der Waals surface area contributed by atoms with E-state index < -0.39 is 23.6 Å². The van der Waals surface area contributed by atoms with E-state index in [1.54, 1.807) is 48.5 Å². The number of para-hydroxylation sites is 3. The van der Waals surface area contributed by atoms with E-state index in [2.05, 4.69) is 10.9 Å². The van der Waals surface area contributed by atoms with Crippen molar-refractivity contribution in [3.8, 4) is 11.5 Å². The standard InChI is InChI=1S/C21H15F3N2O2/c22-21(23,24)15-9-3-4-10-16(15)25-26-20(27)19-13-7-1-5-11-17(13)28-18-12-6-2-8-14(18)19/h1-12,19,25H,(H,26,27). The molecule has 28 heavy (non-hydrogen) atoms. The summed E-state index contributed by atoms with van der Waals surface area (Å²) in [6.07, 6.45) is -4.54. The Morgan fingerprint density at radius 3 is 1.96 bits per heavy atom. The van der Waals surface area contributed by atoms with Gasteiger partial charge in [-0.05, 0) is 24.3 Å². The molecule has 4 rings (SSSR count). The van der Waals surface area contributed by atoms with E-state index in [9.17, 15) is 18.0 Å². The van der Waals surface area contributed by atoms with Crippen molar-refractivity contribution in [1.82, 2.24) is 5.43 Å². The van der Waals surface area contributed by atoms with Crippen molar-refractivity contribution in [1.29, 1.82) is 0 Å². The Hall–Kier alpha value is -3.48. The van der Waals surface area contributed by atoms with Crippen molar-refractivity contribution in [2.45, 2.75) is 12.1 Å². The van der Waals surface area contributed by atoms with Gasteiger partial charge in [0, 0.05) is 11.1 Å². The van der Waals surface area contributed by atoms with Gasteiger partial charge in [-0.25, -0.2) is 0 Å². The minimum Gasteiger partial charge on any atom is -0.457 e. The minimum absolute atomic E-state index is 0.225. The van der Waals surface area contributed by atoms with Crippen LogP contribution in [0.3, 0.4) is 0 Å². The van der Waals surface area contributed by atoms with E-state index in [0.29, 0.717) is 22.6 Å². The Balaban J connectivity index is 1.63. The first-order chi connectivity index (χ1) is 13.4. The van der Waals surface area contributed by atoms with Gasteiger partial charge >= 0.3 is 6.18 Å². The summed E-state index contributed by atoms with van der Waals surface area (Å²) in [5, 5.41) is 0. The fourth-order valence-corrected chi connectivity index (χ4v) is 3.23. The van der Waals surface area contributed by atoms with E-state index in [1.807, 2.05) is 0 Å². The second-order valence-corrected chi connectivity index (χ2v) is 6.27. The van der Waals surface area contributed by atoms with Gasteiger partial charge < -0.3 is 4.74 Å². The molecule has 4 nitrogen and oxygen atoms in total. The van der Waals surface area contributed by atoms with Gasteiger partial charge in [-0.1, -0.05) is 48.5 Å². The van der Waals surface area contributed by atoms with Gasteiger partial charge in [0.15, 0.2) is 0 Å². The molecule has 0 atom stereocenters. The summed E-state index contributed by atoms with van der Waals surface area (Å²) in [4.78, 5) is 12.9. The molecule has 0 aliphatic carbocycles. The van der Waals surface area contributed by atoms with Crippen LogP contribution in [0.4, 0.5) is 18.9 Å². The van der Waals surface area contributed by atoms with E-state index in [1.165, 1.54) is 18.2 Å². The van der Waals surface area contributed by atoms with Crippen LogP contribution in [0.1, 0.15) is 22.6 Å². The number of benzene rings is 3. The third kappa shape index (κ3) is 3.26. The van der Waals surface area contributed by atoms with Crippen LogP contribution in [-0.4, -0.2) is 5.91 Å². The Morgan fingerprint density at radius 2 is 1.36 bits per heavy atom. The van der Waals surface area contributed by atoms with Crippen molar-refractivity contribution in [3.63, 3.8) is 0 Å². The average Bonchev–Trinajstić information content (AvgIpc) is 2.69. The van der Waals surface area contributed by atoms with Crippen molar-refractivity contribution in [3.05, 3.63) is 89.5 Å². The number of rotatable bonds is 3. The summed E-state index contributed by atoms with van der Waals surface area (Å²) in [7, 11) is 0. The fraction of sp³-hybridized carbons (Fsp3) is 0.0952. The van der Waals surface area contributed by atoms with E-state index >= 15 is 0 Å². The molecule has 0 fully saturated rings. The van der Waals surface area contributed by atoms with Crippen LogP contribution in [0.15, 0.2) is 72.8 Å². The van der Waals surface area contributed by atoms with Crippen LogP contribution in [0, 0.1) is 0 Å². The van der Waals surface area contributed by atoms with Gasteiger partial charge in [0.2, 0.25) is 0 Å². The van der Waals surface area contributed by atoms with Gasteiger partial charge in [-0.15, -0.1) is 0 Å². The van der Waals surface area contributed by atoms with Gasteiger partial charge in [0.25, 0.3) is 5.91 Å². The summed E-state index contributed by atoms with van der Waals surface area (Å²) in [5.41, 5.74) is 5.04. The zero-order chi connectivity index (χ0) is 19.7. The first-order valence-electron chi connectivity index (χ1n) is 8.53. The number of halogens is 3. The summed E-state index contributed by atoms with van der Waals surface area (Å²) >= 11 is 0. The summed E-state index contributed by atoms with van der Waals surface area (Å²) < 4.78 is 45.3. The molecule has 142 valence electrons. The quantitative estimate of drug-likeness (QED) is 0.619. The molecular weight excluding hydrogens is 369 g/mol. The van der Waals surface area contributed by atoms with E-state index in [-0.39, 0.29) is 5.69 Å². The lowest BCUT2D eigenvalue weighted by atomic mass is 9.87. The first kappa shape index (κ1) is 17.9. The van der Waals surface area contributed by atoms with Crippen LogP contribution in [0.25, 0.3) is 0 Å². The third-order valence-electron chi connectivity index (χ3n) is 4.49. The highest BCUT2D eigenvalue weighted by atomic mass is 19.4. The maximum absolute atomic E-state index is 13.2. The van der Waals surface area contributed by atoms with Crippen LogP contribution in [0.2, 0.25) is 0 Å². The third-order valence-corrected chi connectivity index (χ3v) is 4.49. The Morgan fingerprint density at radius 1 is 0.821 bits per heavy atom. The predicted octanol–water partition coefficient (Wildman–Crippen LogP) is 5.09.